The molecule has 1 aromatic rings. The van der Waals surface area contributed by atoms with Crippen LogP contribution in [0.1, 0.15) is 92.6 Å². The minimum Gasteiger partial charge on any atom is -0.480 e. The lowest BCUT2D eigenvalue weighted by molar-refractivity contribution is -0.159. The molecule has 1 rings (SSSR count). The highest BCUT2D eigenvalue weighted by Gasteiger charge is 2.33. The highest BCUT2D eigenvalue weighted by atomic mass is 16.7. The van der Waals surface area contributed by atoms with Gasteiger partial charge in [-0.15, -0.1) is 0 Å². The van der Waals surface area contributed by atoms with Gasteiger partial charge < -0.3 is 34.5 Å². The molecule has 11 heteroatoms. The summed E-state index contributed by atoms with van der Waals surface area (Å²) < 4.78 is 26.5. The topological polar surface area (TPSA) is 161 Å². The minimum atomic E-state index is -1.38. The van der Waals surface area contributed by atoms with E-state index in [9.17, 15) is 24.3 Å². The molecule has 232 valence electrons. The monoisotopic (exact) mass is 581 g/mol. The maximum absolute atomic E-state index is 12.6. The van der Waals surface area contributed by atoms with Gasteiger partial charge in [-0.25, -0.2) is 9.59 Å². The molecule has 0 spiro atoms. The first-order valence-corrected chi connectivity index (χ1v) is 14.1. The van der Waals surface area contributed by atoms with E-state index in [-0.39, 0.29) is 31.1 Å². The van der Waals surface area contributed by atoms with Gasteiger partial charge in [0.25, 0.3) is 0 Å². The van der Waals surface area contributed by atoms with Crippen molar-refractivity contribution in [1.29, 1.82) is 0 Å². The number of esters is 1. The van der Waals surface area contributed by atoms with Gasteiger partial charge in [-0.2, -0.15) is 0 Å². The van der Waals surface area contributed by atoms with Gasteiger partial charge in [-0.05, 0) is 76.0 Å². The molecule has 0 aromatic heterocycles. The minimum absolute atomic E-state index is 0.0642. The number of carboxylic acids is 1. The molecule has 0 fully saturated rings. The van der Waals surface area contributed by atoms with Gasteiger partial charge in [0, 0.05) is 5.92 Å². The average Bonchev–Trinajstić information content (AvgIpc) is 2.87. The molecule has 0 saturated carbocycles. The molecule has 0 aliphatic heterocycles. The van der Waals surface area contributed by atoms with Crippen LogP contribution in [0.15, 0.2) is 18.2 Å². The Labute approximate surface area is 243 Å². The average molecular weight is 582 g/mol. The molecule has 0 heterocycles. The maximum Gasteiger partial charge on any atom is 0.513 e. The van der Waals surface area contributed by atoms with Crippen LogP contribution in [0.5, 0.6) is 11.5 Å². The third-order valence-corrected chi connectivity index (χ3v) is 6.66. The van der Waals surface area contributed by atoms with Crippen LogP contribution in [0.4, 0.5) is 9.59 Å². The molecular weight excluding hydrogens is 534 g/mol. The smallest absolute Gasteiger partial charge is 0.480 e. The summed E-state index contributed by atoms with van der Waals surface area (Å²) in [5, 5.41) is 9.70. The summed E-state index contributed by atoms with van der Waals surface area (Å²) in [6, 6.07) is 2.84. The van der Waals surface area contributed by atoms with Crippen molar-refractivity contribution in [3.8, 4) is 11.5 Å². The van der Waals surface area contributed by atoms with Gasteiger partial charge in [-0.1, -0.05) is 40.7 Å². The fourth-order valence-corrected chi connectivity index (χ4v) is 3.47. The van der Waals surface area contributed by atoms with Crippen molar-refractivity contribution in [2.45, 2.75) is 99.1 Å². The van der Waals surface area contributed by atoms with Crippen molar-refractivity contribution in [1.82, 2.24) is 0 Å². The standard InChI is InChI=1S/C30H47NO10/c1-9-30(7,8)27(34)39-20(6)16-22(25(31)26(32)33)21-10-11-23(40-28(35)37-14-12-18(2)3)24(17-21)41-29(36)38-15-13-19(4)5/h10-11,17-20,22,25H,9,12-16,31H2,1-8H3,(H,32,33)/t20?,22?,25-/m0/s1. The number of carboxylic acid groups (broad SMARTS) is 1. The van der Waals surface area contributed by atoms with E-state index in [0.717, 1.165) is 0 Å². The lowest BCUT2D eigenvalue weighted by atomic mass is 9.86. The molecule has 11 nitrogen and oxygen atoms in total. The molecule has 0 amide bonds. The summed E-state index contributed by atoms with van der Waals surface area (Å²) in [4.78, 5) is 49.2. The molecule has 2 unspecified atom stereocenters. The van der Waals surface area contributed by atoms with E-state index in [4.69, 9.17) is 29.4 Å². The van der Waals surface area contributed by atoms with E-state index < -0.39 is 47.7 Å². The van der Waals surface area contributed by atoms with Crippen LogP contribution in [0.25, 0.3) is 0 Å². The first-order chi connectivity index (χ1) is 19.1. The summed E-state index contributed by atoms with van der Waals surface area (Å²) in [5.41, 5.74) is 5.70. The third-order valence-electron chi connectivity index (χ3n) is 6.66. The largest absolute Gasteiger partial charge is 0.513 e. The molecule has 0 aliphatic rings. The lowest BCUT2D eigenvalue weighted by Gasteiger charge is -2.28. The molecule has 0 aliphatic carbocycles. The second kappa shape index (κ2) is 16.8. The zero-order valence-electron chi connectivity index (χ0n) is 25.6. The van der Waals surface area contributed by atoms with E-state index >= 15 is 0 Å². The zero-order chi connectivity index (χ0) is 31.3. The number of hydrogen-bond donors (Lipinski definition) is 2. The van der Waals surface area contributed by atoms with E-state index in [1.54, 1.807) is 20.8 Å². The number of hydrogen-bond acceptors (Lipinski definition) is 10. The number of aliphatic carboxylic acids is 1. The summed E-state index contributed by atoms with van der Waals surface area (Å²) >= 11 is 0. The van der Waals surface area contributed by atoms with Crippen LogP contribution < -0.4 is 15.2 Å². The summed E-state index contributed by atoms with van der Waals surface area (Å²) in [5.74, 6) is -2.25. The van der Waals surface area contributed by atoms with E-state index in [1.165, 1.54) is 18.2 Å². The summed E-state index contributed by atoms with van der Waals surface area (Å²) in [7, 11) is 0. The van der Waals surface area contributed by atoms with E-state index in [0.29, 0.717) is 36.7 Å². The van der Waals surface area contributed by atoms with Gasteiger partial charge in [0.15, 0.2) is 11.5 Å². The van der Waals surface area contributed by atoms with Crippen molar-refractivity contribution in [2.75, 3.05) is 13.2 Å². The van der Waals surface area contributed by atoms with Gasteiger partial charge >= 0.3 is 24.2 Å². The fraction of sp³-hybridized carbons (Fsp3) is 0.667. The first kappa shape index (κ1) is 35.7. The molecular formula is C30H47NO10. The van der Waals surface area contributed by atoms with Crippen LogP contribution in [0, 0.1) is 17.3 Å². The Balaban J connectivity index is 3.30. The predicted molar refractivity (Wildman–Crippen MR) is 152 cm³/mol. The first-order valence-electron chi connectivity index (χ1n) is 14.1. The van der Waals surface area contributed by atoms with Crippen molar-refractivity contribution >= 4 is 24.2 Å². The summed E-state index contributed by atoms with van der Waals surface area (Å²) in [6.45, 7) is 15.2. The molecule has 0 radical (unpaired) electrons. The van der Waals surface area contributed by atoms with Crippen molar-refractivity contribution < 1.29 is 48.0 Å². The molecule has 0 saturated heterocycles. The summed E-state index contributed by atoms with van der Waals surface area (Å²) in [6.07, 6.45) is -0.825. The van der Waals surface area contributed by atoms with E-state index in [1.807, 2.05) is 34.6 Å². The fourth-order valence-electron chi connectivity index (χ4n) is 3.47. The predicted octanol–water partition coefficient (Wildman–Crippen LogP) is 6.06. The SMILES string of the molecule is CCC(C)(C)C(=O)OC(C)CC(c1ccc(OC(=O)OCCC(C)C)c(OC(=O)OCCC(C)C)c1)[C@H](N)C(=O)O. The van der Waals surface area contributed by atoms with Gasteiger partial charge in [0.1, 0.15) is 6.04 Å². The number of benzene rings is 1. The number of rotatable bonds is 16. The normalized spacial score (nSPS) is 13.7. The second-order valence-electron chi connectivity index (χ2n) is 11.6. The Morgan fingerprint density at radius 2 is 1.39 bits per heavy atom. The molecule has 3 atom stereocenters. The lowest BCUT2D eigenvalue weighted by Crippen LogP contribution is -2.39. The van der Waals surface area contributed by atoms with Crippen molar-refractivity contribution in [2.24, 2.45) is 23.0 Å². The third kappa shape index (κ3) is 12.8. The quantitative estimate of drug-likeness (QED) is 0.133. The van der Waals surface area contributed by atoms with Crippen LogP contribution in [0.2, 0.25) is 0 Å². The van der Waals surface area contributed by atoms with Crippen LogP contribution in [-0.4, -0.2) is 54.7 Å². The number of ether oxygens (including phenoxy) is 5. The Morgan fingerprint density at radius 1 is 0.878 bits per heavy atom. The number of carbonyl (C=O) groups is 4. The Kier molecular flexibility index (Phi) is 14.6. The Hall–Kier alpha value is -3.34. The van der Waals surface area contributed by atoms with Crippen molar-refractivity contribution in [3.63, 3.8) is 0 Å². The Bertz CT molecular complexity index is 1020. The molecule has 41 heavy (non-hydrogen) atoms. The molecule has 1 aromatic carbocycles. The van der Waals surface area contributed by atoms with Crippen LogP contribution >= 0.6 is 0 Å². The van der Waals surface area contributed by atoms with Gasteiger partial charge in [0.05, 0.1) is 24.7 Å². The van der Waals surface area contributed by atoms with Crippen LogP contribution in [0.3, 0.4) is 0 Å². The van der Waals surface area contributed by atoms with E-state index in [2.05, 4.69) is 0 Å². The van der Waals surface area contributed by atoms with Crippen LogP contribution in [-0.2, 0) is 23.8 Å². The Morgan fingerprint density at radius 3 is 1.85 bits per heavy atom. The second-order valence-corrected chi connectivity index (χ2v) is 11.6. The highest BCUT2D eigenvalue weighted by Crippen LogP contribution is 2.35. The number of carbonyl (C=O) groups excluding carboxylic acids is 3. The maximum atomic E-state index is 12.6. The zero-order valence-corrected chi connectivity index (χ0v) is 25.6. The van der Waals surface area contributed by atoms with Gasteiger partial charge in [-0.3, -0.25) is 9.59 Å². The van der Waals surface area contributed by atoms with Gasteiger partial charge in [0.2, 0.25) is 0 Å². The molecule has 3 N–H and O–H groups in total. The number of nitrogens with two attached hydrogens (primary N) is 1. The van der Waals surface area contributed by atoms with Crippen molar-refractivity contribution in [3.05, 3.63) is 23.8 Å². The molecule has 0 bridgehead atoms. The highest BCUT2D eigenvalue weighted by molar-refractivity contribution is 5.76.